The molecule has 0 unspecified atom stereocenters. The summed E-state index contributed by atoms with van der Waals surface area (Å²) < 4.78 is 22.9. The number of hydrogen-bond donors (Lipinski definition) is 2. The Morgan fingerprint density at radius 1 is 0.597 bits per heavy atom. The van der Waals surface area contributed by atoms with Crippen molar-refractivity contribution in [2.45, 2.75) is 103 Å². The maximum absolute atomic E-state index is 13.9. The van der Waals surface area contributed by atoms with Crippen LogP contribution in [0, 0.1) is 0 Å². The van der Waals surface area contributed by atoms with Crippen molar-refractivity contribution in [1.82, 2.24) is 24.5 Å². The summed E-state index contributed by atoms with van der Waals surface area (Å²) in [5.74, 6) is -2.90. The number of esters is 3. The number of carboxylic acids is 1. The number of aliphatic carboxylic acids is 1. The van der Waals surface area contributed by atoms with Crippen LogP contribution in [-0.2, 0) is 38.1 Å². The summed E-state index contributed by atoms with van der Waals surface area (Å²) in [6, 6.07) is 13.4. The van der Waals surface area contributed by atoms with Crippen molar-refractivity contribution in [3.05, 3.63) is 59.7 Å². The zero-order valence-corrected chi connectivity index (χ0v) is 37.9. The van der Waals surface area contributed by atoms with Crippen molar-refractivity contribution in [2.24, 2.45) is 0 Å². The number of likely N-dealkylation sites (tertiary alicyclic amines) is 1. The largest absolute Gasteiger partial charge is 0.480 e. The van der Waals surface area contributed by atoms with Gasteiger partial charge in [-0.25, -0.2) is 9.59 Å². The number of aliphatic hydroxyl groups is 1. The molecule has 0 radical (unpaired) electrons. The molecule has 5 rings (SSSR count). The average Bonchev–Trinajstić information content (AvgIpc) is 3.66. The highest BCUT2D eigenvalue weighted by Gasteiger charge is 2.50. The SMILES string of the molecule is CC(C)(C)OC(=O)CN1CCN(CC(=O)OC(C)(C)C)CCN([C@@H]2CN(C(=O)OCC3c4ccccc4-c4ccccc43)[C@@H](C(=O)O)[C@H]2O)CCN(CC(=O)OC(C)(C)C)CC1. The predicted octanol–water partition coefficient (Wildman–Crippen LogP) is 3.68. The van der Waals surface area contributed by atoms with Crippen molar-refractivity contribution >= 4 is 30.0 Å². The van der Waals surface area contributed by atoms with Crippen LogP contribution in [-0.4, -0.2) is 185 Å². The minimum absolute atomic E-state index is 0.0134. The van der Waals surface area contributed by atoms with Crippen molar-refractivity contribution in [3.63, 3.8) is 0 Å². The number of fused-ring (bicyclic) bond motifs is 3. The number of carbonyl (C=O) groups excluding carboxylic acids is 4. The summed E-state index contributed by atoms with van der Waals surface area (Å²) in [6.07, 6.45) is -2.35. The Balaban J connectivity index is 1.39. The number of benzene rings is 2. The summed E-state index contributed by atoms with van der Waals surface area (Å²) in [6.45, 7) is 18.3. The third-order valence-electron chi connectivity index (χ3n) is 10.9. The molecule has 62 heavy (non-hydrogen) atoms. The topological polar surface area (TPSA) is 179 Å². The second-order valence-corrected chi connectivity index (χ2v) is 19.4. The first-order chi connectivity index (χ1) is 29.0. The van der Waals surface area contributed by atoms with Gasteiger partial charge in [-0.15, -0.1) is 0 Å². The lowest BCUT2D eigenvalue weighted by Crippen LogP contribution is -2.53. The molecule has 0 aromatic heterocycles. The monoisotopic (exact) mass is 865 g/mol. The number of carbonyl (C=O) groups is 5. The Bertz CT molecular complexity index is 1810. The molecule has 16 nitrogen and oxygen atoms in total. The molecule has 2 aliphatic heterocycles. The van der Waals surface area contributed by atoms with Gasteiger partial charge in [-0.3, -0.25) is 38.9 Å². The van der Waals surface area contributed by atoms with E-state index in [4.69, 9.17) is 18.9 Å². The van der Waals surface area contributed by atoms with Crippen molar-refractivity contribution in [3.8, 4) is 11.1 Å². The third-order valence-corrected chi connectivity index (χ3v) is 10.9. The maximum Gasteiger partial charge on any atom is 0.410 e. The minimum Gasteiger partial charge on any atom is -0.480 e. The number of nitrogens with zero attached hydrogens (tertiary/aromatic N) is 5. The lowest BCUT2D eigenvalue weighted by molar-refractivity contribution is -0.158. The smallest absolute Gasteiger partial charge is 0.410 e. The van der Waals surface area contributed by atoms with E-state index in [1.807, 2.05) is 68.1 Å². The molecular weight excluding hydrogens is 799 g/mol. The lowest BCUT2D eigenvalue weighted by atomic mass is 9.98. The molecule has 2 fully saturated rings. The van der Waals surface area contributed by atoms with Gasteiger partial charge >= 0.3 is 30.0 Å². The highest BCUT2D eigenvalue weighted by Crippen LogP contribution is 2.44. The second-order valence-electron chi connectivity index (χ2n) is 19.4. The van der Waals surface area contributed by atoms with Crippen LogP contribution in [0.1, 0.15) is 79.4 Å². The summed E-state index contributed by atoms with van der Waals surface area (Å²) in [4.78, 5) is 75.0. The molecule has 0 spiro atoms. The Morgan fingerprint density at radius 3 is 1.34 bits per heavy atom. The van der Waals surface area contributed by atoms with Crippen LogP contribution in [0.4, 0.5) is 4.79 Å². The van der Waals surface area contributed by atoms with Gasteiger partial charge < -0.3 is 29.2 Å². The number of hydrogen-bond acceptors (Lipinski definition) is 14. The van der Waals surface area contributed by atoms with Gasteiger partial charge in [0.15, 0.2) is 6.04 Å². The summed E-state index contributed by atoms with van der Waals surface area (Å²) in [5, 5.41) is 22.2. The minimum atomic E-state index is -1.59. The molecule has 3 atom stereocenters. The molecule has 2 heterocycles. The van der Waals surface area contributed by atoms with Gasteiger partial charge in [0, 0.05) is 64.8 Å². The highest BCUT2D eigenvalue weighted by molar-refractivity contribution is 5.82. The molecule has 0 bridgehead atoms. The van der Waals surface area contributed by atoms with Gasteiger partial charge in [0.05, 0.1) is 25.7 Å². The molecule has 2 N–H and O–H groups in total. The van der Waals surface area contributed by atoms with Gasteiger partial charge in [-0.2, -0.15) is 0 Å². The van der Waals surface area contributed by atoms with Crippen LogP contribution in [0.5, 0.6) is 0 Å². The van der Waals surface area contributed by atoms with E-state index in [0.717, 1.165) is 27.2 Å². The molecule has 1 amide bonds. The zero-order valence-electron chi connectivity index (χ0n) is 37.9. The van der Waals surface area contributed by atoms with Crippen LogP contribution in [0.2, 0.25) is 0 Å². The normalized spacial score (nSPS) is 21.6. The van der Waals surface area contributed by atoms with Gasteiger partial charge in [0.2, 0.25) is 0 Å². The Hall–Kier alpha value is -4.61. The molecule has 1 aliphatic carbocycles. The fraction of sp³-hybridized carbons (Fsp3) is 0.630. The van der Waals surface area contributed by atoms with Gasteiger partial charge in [-0.1, -0.05) is 48.5 Å². The van der Waals surface area contributed by atoms with Crippen molar-refractivity contribution < 1.29 is 53.1 Å². The number of rotatable bonds is 10. The van der Waals surface area contributed by atoms with E-state index < -0.39 is 65.0 Å². The van der Waals surface area contributed by atoms with E-state index in [1.54, 1.807) is 62.3 Å². The van der Waals surface area contributed by atoms with Crippen LogP contribution < -0.4 is 0 Å². The fourth-order valence-corrected chi connectivity index (χ4v) is 8.32. The number of amides is 1. The second kappa shape index (κ2) is 20.3. The molecule has 2 aromatic carbocycles. The molecular formula is C46H67N5O11. The first kappa shape index (κ1) is 48.4. The van der Waals surface area contributed by atoms with E-state index in [0.29, 0.717) is 26.2 Å². The molecule has 2 saturated heterocycles. The first-order valence-corrected chi connectivity index (χ1v) is 21.6. The Morgan fingerprint density at radius 2 is 0.968 bits per heavy atom. The number of aliphatic hydroxyl groups excluding tert-OH is 1. The maximum atomic E-state index is 13.9. The van der Waals surface area contributed by atoms with Crippen molar-refractivity contribution in [2.75, 3.05) is 85.1 Å². The molecule has 342 valence electrons. The zero-order chi connectivity index (χ0) is 45.6. The fourth-order valence-electron chi connectivity index (χ4n) is 8.32. The Kier molecular flexibility index (Phi) is 15.8. The van der Waals surface area contributed by atoms with Gasteiger partial charge in [-0.05, 0) is 84.6 Å². The molecule has 3 aliphatic rings. The first-order valence-electron chi connectivity index (χ1n) is 21.6. The molecule has 2 aromatic rings. The number of carboxylic acid groups (broad SMARTS) is 1. The van der Waals surface area contributed by atoms with E-state index in [-0.39, 0.29) is 64.9 Å². The predicted molar refractivity (Wildman–Crippen MR) is 231 cm³/mol. The highest BCUT2D eigenvalue weighted by atomic mass is 16.6. The van der Waals surface area contributed by atoms with E-state index in [2.05, 4.69) is 0 Å². The van der Waals surface area contributed by atoms with Crippen LogP contribution in [0.3, 0.4) is 0 Å². The summed E-state index contributed by atoms with van der Waals surface area (Å²) in [7, 11) is 0. The summed E-state index contributed by atoms with van der Waals surface area (Å²) in [5.41, 5.74) is 1.98. The van der Waals surface area contributed by atoms with Crippen molar-refractivity contribution in [1.29, 1.82) is 0 Å². The van der Waals surface area contributed by atoms with Crippen LogP contribution in [0.15, 0.2) is 48.5 Å². The van der Waals surface area contributed by atoms with Gasteiger partial charge in [0.1, 0.15) is 29.5 Å². The number of ether oxygens (including phenoxy) is 4. The van der Waals surface area contributed by atoms with E-state index in [1.165, 1.54) is 0 Å². The third kappa shape index (κ3) is 13.7. The van der Waals surface area contributed by atoms with E-state index in [9.17, 15) is 34.2 Å². The van der Waals surface area contributed by atoms with Crippen LogP contribution in [0.25, 0.3) is 11.1 Å². The Labute approximate surface area is 366 Å². The van der Waals surface area contributed by atoms with E-state index >= 15 is 0 Å². The quantitative estimate of drug-likeness (QED) is 0.261. The van der Waals surface area contributed by atoms with Crippen LogP contribution >= 0.6 is 0 Å². The lowest BCUT2D eigenvalue weighted by Gasteiger charge is -2.37. The standard InChI is InChI=1S/C46H67N5O11/c1-44(2,3)60-37(52)27-47-18-20-48(28-38(53)61-45(4,5)6)22-24-50(25-23-49(21-19-47)29-39(54)62-46(7,8)9)36-26-51(40(41(36)55)42(56)57)43(58)59-30-35-33-16-12-10-14-31(33)32-15-11-13-17-34(32)35/h10-17,35-36,40-41,55H,18-30H2,1-9H3,(H,56,57)/t36-,40-,41+/m1/s1. The average molecular weight is 866 g/mol. The molecule has 16 heteroatoms. The summed E-state index contributed by atoms with van der Waals surface area (Å²) >= 11 is 0. The molecule has 0 saturated carbocycles. The van der Waals surface area contributed by atoms with Gasteiger partial charge in [0.25, 0.3) is 0 Å².